The lowest BCUT2D eigenvalue weighted by molar-refractivity contribution is -0.139. The average molecular weight is 251 g/mol. The van der Waals surface area contributed by atoms with E-state index in [1.807, 2.05) is 19.1 Å². The van der Waals surface area contributed by atoms with E-state index in [4.69, 9.17) is 4.42 Å². The third-order valence-electron chi connectivity index (χ3n) is 2.38. The molecule has 2 aromatic rings. The summed E-state index contributed by atoms with van der Waals surface area (Å²) < 4.78 is 10.2. The molecule has 90 valence electrons. The van der Waals surface area contributed by atoms with Gasteiger partial charge >= 0.3 is 5.97 Å². The molecule has 5 heteroatoms. The molecule has 0 atom stereocenters. The molecule has 0 unspecified atom stereocenters. The number of aromatic nitrogens is 1. The fourth-order valence-corrected chi connectivity index (χ4v) is 2.25. The van der Waals surface area contributed by atoms with Crippen molar-refractivity contribution >= 4 is 17.3 Å². The van der Waals surface area contributed by atoms with Crippen molar-refractivity contribution in [3.8, 4) is 10.8 Å². The second-order valence-electron chi connectivity index (χ2n) is 3.69. The Morgan fingerprint density at radius 2 is 2.24 bits per heavy atom. The van der Waals surface area contributed by atoms with Gasteiger partial charge in [-0.3, -0.25) is 4.79 Å². The Balaban J connectivity index is 2.27. The van der Waals surface area contributed by atoms with Crippen LogP contribution >= 0.6 is 11.3 Å². The monoisotopic (exact) mass is 251 g/mol. The molecule has 0 aliphatic heterocycles. The van der Waals surface area contributed by atoms with Gasteiger partial charge in [0, 0.05) is 4.88 Å². The van der Waals surface area contributed by atoms with E-state index in [-0.39, 0.29) is 12.4 Å². The Kier molecular flexibility index (Phi) is 3.28. The molecule has 0 saturated heterocycles. The molecule has 0 aliphatic rings. The summed E-state index contributed by atoms with van der Waals surface area (Å²) in [7, 11) is 1.36. The Hall–Kier alpha value is -1.62. The van der Waals surface area contributed by atoms with Crippen LogP contribution in [0, 0.1) is 13.8 Å². The molecule has 0 spiro atoms. The van der Waals surface area contributed by atoms with Crippen LogP contribution in [-0.4, -0.2) is 18.1 Å². The number of methoxy groups -OCH3 is 1. The van der Waals surface area contributed by atoms with Crippen LogP contribution in [0.5, 0.6) is 0 Å². The zero-order chi connectivity index (χ0) is 12.4. The standard InChI is InChI=1S/C12H13NO3S/c1-7-4-5-10(17-7)12-13-9(8(2)16-12)6-11(14)15-3/h4-5H,6H2,1-3H3. The largest absolute Gasteiger partial charge is 0.469 e. The normalized spacial score (nSPS) is 10.5. The maximum atomic E-state index is 11.2. The van der Waals surface area contributed by atoms with Gasteiger partial charge in [0.25, 0.3) is 0 Å². The number of aryl methyl sites for hydroxylation is 2. The Morgan fingerprint density at radius 1 is 1.47 bits per heavy atom. The molecule has 0 saturated carbocycles. The van der Waals surface area contributed by atoms with Crippen molar-refractivity contribution in [2.45, 2.75) is 20.3 Å². The SMILES string of the molecule is COC(=O)Cc1nc(-c2ccc(C)s2)oc1C. The van der Waals surface area contributed by atoms with E-state index < -0.39 is 0 Å². The highest BCUT2D eigenvalue weighted by atomic mass is 32.1. The third kappa shape index (κ3) is 2.55. The lowest BCUT2D eigenvalue weighted by Crippen LogP contribution is -2.05. The molecular weight excluding hydrogens is 238 g/mol. The van der Waals surface area contributed by atoms with Crippen LogP contribution in [0.4, 0.5) is 0 Å². The van der Waals surface area contributed by atoms with Gasteiger partial charge in [-0.25, -0.2) is 4.98 Å². The molecule has 0 fully saturated rings. The molecule has 4 nitrogen and oxygen atoms in total. The molecule has 2 aromatic heterocycles. The van der Waals surface area contributed by atoms with Gasteiger partial charge in [-0.1, -0.05) is 0 Å². The summed E-state index contributed by atoms with van der Waals surface area (Å²) in [5.74, 6) is 0.922. The highest BCUT2D eigenvalue weighted by Crippen LogP contribution is 2.28. The van der Waals surface area contributed by atoms with Crippen LogP contribution in [0.3, 0.4) is 0 Å². The summed E-state index contributed by atoms with van der Waals surface area (Å²) in [5, 5.41) is 0. The molecule has 2 rings (SSSR count). The third-order valence-corrected chi connectivity index (χ3v) is 3.37. The first kappa shape index (κ1) is 11.9. The van der Waals surface area contributed by atoms with Crippen LogP contribution in [0.15, 0.2) is 16.5 Å². The van der Waals surface area contributed by atoms with E-state index in [0.717, 1.165) is 4.88 Å². The van der Waals surface area contributed by atoms with E-state index in [2.05, 4.69) is 9.72 Å². The van der Waals surface area contributed by atoms with Crippen LogP contribution in [0.25, 0.3) is 10.8 Å². The van der Waals surface area contributed by atoms with Gasteiger partial charge < -0.3 is 9.15 Å². The number of carbonyl (C=O) groups excluding carboxylic acids is 1. The number of rotatable bonds is 3. The summed E-state index contributed by atoms with van der Waals surface area (Å²) in [6.45, 7) is 3.83. The van der Waals surface area contributed by atoms with Crippen LogP contribution in [0.1, 0.15) is 16.3 Å². The minimum atomic E-state index is -0.310. The van der Waals surface area contributed by atoms with E-state index in [9.17, 15) is 4.79 Å². The number of hydrogen-bond acceptors (Lipinski definition) is 5. The van der Waals surface area contributed by atoms with Crippen LogP contribution in [0.2, 0.25) is 0 Å². The summed E-state index contributed by atoms with van der Waals surface area (Å²) in [4.78, 5) is 17.7. The van der Waals surface area contributed by atoms with Gasteiger partial charge in [0.1, 0.15) is 5.76 Å². The van der Waals surface area contributed by atoms with Crippen molar-refractivity contribution in [3.63, 3.8) is 0 Å². The molecule has 0 aliphatic carbocycles. The van der Waals surface area contributed by atoms with Crippen molar-refractivity contribution < 1.29 is 13.9 Å². The molecule has 0 radical (unpaired) electrons. The van der Waals surface area contributed by atoms with E-state index >= 15 is 0 Å². The van der Waals surface area contributed by atoms with Gasteiger partial charge in [-0.15, -0.1) is 11.3 Å². The fraction of sp³-hybridized carbons (Fsp3) is 0.333. The summed E-state index contributed by atoms with van der Waals surface area (Å²) >= 11 is 1.62. The van der Waals surface area contributed by atoms with Crippen LogP contribution in [-0.2, 0) is 16.0 Å². The first-order chi connectivity index (χ1) is 8.10. The van der Waals surface area contributed by atoms with E-state index in [1.54, 1.807) is 18.3 Å². The number of ether oxygens (including phenoxy) is 1. The van der Waals surface area contributed by atoms with E-state index in [1.165, 1.54) is 12.0 Å². The second kappa shape index (κ2) is 4.71. The maximum absolute atomic E-state index is 11.2. The van der Waals surface area contributed by atoms with Crippen molar-refractivity contribution in [2.75, 3.05) is 7.11 Å². The zero-order valence-corrected chi connectivity index (χ0v) is 10.8. The predicted octanol–water partition coefficient (Wildman–Crippen LogP) is 2.74. The number of esters is 1. The quantitative estimate of drug-likeness (QED) is 0.787. The van der Waals surface area contributed by atoms with Crippen molar-refractivity contribution in [1.82, 2.24) is 4.98 Å². The van der Waals surface area contributed by atoms with Gasteiger partial charge in [0.2, 0.25) is 5.89 Å². The van der Waals surface area contributed by atoms with Crippen LogP contribution < -0.4 is 0 Å². The molecule has 2 heterocycles. The molecule has 17 heavy (non-hydrogen) atoms. The zero-order valence-electron chi connectivity index (χ0n) is 9.94. The van der Waals surface area contributed by atoms with Crippen molar-refractivity contribution in [2.24, 2.45) is 0 Å². The Bertz CT molecular complexity index is 542. The molecule has 0 amide bonds. The number of hydrogen-bond donors (Lipinski definition) is 0. The predicted molar refractivity (Wildman–Crippen MR) is 65.0 cm³/mol. The lowest BCUT2D eigenvalue weighted by Gasteiger charge is -1.94. The first-order valence-electron chi connectivity index (χ1n) is 5.20. The number of oxazole rings is 1. The Labute approximate surface area is 103 Å². The van der Waals surface area contributed by atoms with Gasteiger partial charge in [-0.2, -0.15) is 0 Å². The molecular formula is C12H13NO3S. The first-order valence-corrected chi connectivity index (χ1v) is 6.01. The fourth-order valence-electron chi connectivity index (χ4n) is 1.46. The summed E-state index contributed by atoms with van der Waals surface area (Å²) in [6.07, 6.45) is 0.149. The topological polar surface area (TPSA) is 52.3 Å². The van der Waals surface area contributed by atoms with Gasteiger partial charge in [0.05, 0.1) is 24.1 Å². The number of nitrogens with zero attached hydrogens (tertiary/aromatic N) is 1. The number of carbonyl (C=O) groups is 1. The number of thiophene rings is 1. The second-order valence-corrected chi connectivity index (χ2v) is 4.97. The summed E-state index contributed by atoms with van der Waals surface area (Å²) in [5.41, 5.74) is 0.637. The smallest absolute Gasteiger partial charge is 0.311 e. The van der Waals surface area contributed by atoms with Crippen molar-refractivity contribution in [3.05, 3.63) is 28.5 Å². The van der Waals surface area contributed by atoms with Gasteiger partial charge in [-0.05, 0) is 26.0 Å². The van der Waals surface area contributed by atoms with Gasteiger partial charge in [0.15, 0.2) is 0 Å². The highest BCUT2D eigenvalue weighted by Gasteiger charge is 2.15. The summed E-state index contributed by atoms with van der Waals surface area (Å²) in [6, 6.07) is 3.98. The lowest BCUT2D eigenvalue weighted by atomic mass is 10.3. The van der Waals surface area contributed by atoms with E-state index in [0.29, 0.717) is 17.3 Å². The highest BCUT2D eigenvalue weighted by molar-refractivity contribution is 7.15. The molecule has 0 N–H and O–H groups in total. The molecule has 0 bridgehead atoms. The minimum absolute atomic E-state index is 0.149. The van der Waals surface area contributed by atoms with Crippen molar-refractivity contribution in [1.29, 1.82) is 0 Å². The molecule has 0 aromatic carbocycles. The Morgan fingerprint density at radius 3 is 2.82 bits per heavy atom. The minimum Gasteiger partial charge on any atom is -0.469 e. The average Bonchev–Trinajstić information content (AvgIpc) is 2.86. The maximum Gasteiger partial charge on any atom is 0.311 e.